The normalized spacial score (nSPS) is 14.1. The number of para-hydroxylation sites is 1. The van der Waals surface area contributed by atoms with Crippen molar-refractivity contribution < 1.29 is 4.42 Å². The Bertz CT molecular complexity index is 1200. The molecule has 0 saturated carbocycles. The molecule has 0 saturated heterocycles. The highest BCUT2D eigenvalue weighted by Crippen LogP contribution is 2.32. The molecule has 1 aliphatic carbocycles. The van der Waals surface area contributed by atoms with Crippen molar-refractivity contribution in [3.8, 4) is 11.3 Å². The van der Waals surface area contributed by atoms with Crippen molar-refractivity contribution in [1.29, 1.82) is 0 Å². The van der Waals surface area contributed by atoms with Gasteiger partial charge in [0.2, 0.25) is 0 Å². The van der Waals surface area contributed by atoms with E-state index in [9.17, 15) is 0 Å². The first kappa shape index (κ1) is 15.1. The minimum atomic E-state index is 0.780. The molecule has 0 amide bonds. The van der Waals surface area contributed by atoms with Crippen LogP contribution in [0.3, 0.4) is 0 Å². The first-order chi connectivity index (χ1) is 12.8. The SMILES string of the molecule is Cc1nc(C2=CCCC=C2)cc(-c2ccc3c(c2)oc2ccccc23)n1. The Kier molecular flexibility index (Phi) is 3.45. The fraction of sp³-hybridized carbons (Fsp3) is 0.130. The third-order valence-electron chi connectivity index (χ3n) is 4.80. The number of aryl methyl sites for hydroxylation is 1. The van der Waals surface area contributed by atoms with E-state index < -0.39 is 0 Å². The molecule has 0 fully saturated rings. The number of allylic oxidation sites excluding steroid dienone is 4. The molecule has 126 valence electrons. The molecule has 0 radical (unpaired) electrons. The Morgan fingerprint density at radius 1 is 0.846 bits per heavy atom. The molecule has 3 nitrogen and oxygen atoms in total. The minimum Gasteiger partial charge on any atom is -0.456 e. The molecule has 5 rings (SSSR count). The van der Waals surface area contributed by atoms with Crippen LogP contribution in [0.4, 0.5) is 0 Å². The monoisotopic (exact) mass is 338 g/mol. The molecule has 1 aliphatic rings. The number of rotatable bonds is 2. The van der Waals surface area contributed by atoms with Gasteiger partial charge in [-0.2, -0.15) is 0 Å². The molecule has 2 aromatic carbocycles. The van der Waals surface area contributed by atoms with E-state index in [4.69, 9.17) is 4.42 Å². The molecule has 0 bridgehead atoms. The number of furan rings is 1. The molecule has 2 aromatic heterocycles. The molecule has 3 heteroatoms. The maximum atomic E-state index is 6.03. The van der Waals surface area contributed by atoms with Gasteiger partial charge < -0.3 is 4.42 Å². The molecule has 4 aromatic rings. The Hall–Kier alpha value is -3.20. The lowest BCUT2D eigenvalue weighted by atomic mass is 10.0. The quantitative estimate of drug-likeness (QED) is 0.444. The van der Waals surface area contributed by atoms with E-state index in [1.165, 1.54) is 5.57 Å². The Labute approximate surface area is 151 Å². The van der Waals surface area contributed by atoms with Gasteiger partial charge in [-0.3, -0.25) is 0 Å². The van der Waals surface area contributed by atoms with Crippen molar-refractivity contribution in [2.75, 3.05) is 0 Å². The summed E-state index contributed by atoms with van der Waals surface area (Å²) in [4.78, 5) is 9.28. The van der Waals surface area contributed by atoms with Crippen LogP contribution >= 0.6 is 0 Å². The van der Waals surface area contributed by atoms with Gasteiger partial charge in [0.1, 0.15) is 17.0 Å². The fourth-order valence-electron chi connectivity index (χ4n) is 3.55. The summed E-state index contributed by atoms with van der Waals surface area (Å²) in [5.41, 5.74) is 5.93. The zero-order chi connectivity index (χ0) is 17.5. The van der Waals surface area contributed by atoms with Crippen molar-refractivity contribution in [2.45, 2.75) is 19.8 Å². The van der Waals surface area contributed by atoms with E-state index in [0.29, 0.717) is 0 Å². The van der Waals surface area contributed by atoms with Gasteiger partial charge in [-0.05, 0) is 49.6 Å². The lowest BCUT2D eigenvalue weighted by Crippen LogP contribution is -1.97. The summed E-state index contributed by atoms with van der Waals surface area (Å²) >= 11 is 0. The van der Waals surface area contributed by atoms with Gasteiger partial charge in [-0.15, -0.1) is 0 Å². The first-order valence-electron chi connectivity index (χ1n) is 8.92. The Morgan fingerprint density at radius 3 is 2.58 bits per heavy atom. The Balaban J connectivity index is 1.65. The van der Waals surface area contributed by atoms with Gasteiger partial charge in [0, 0.05) is 16.3 Å². The number of hydrogen-bond donors (Lipinski definition) is 0. The molecule has 0 aliphatic heterocycles. The van der Waals surface area contributed by atoms with Crippen LogP contribution < -0.4 is 0 Å². The van der Waals surface area contributed by atoms with Gasteiger partial charge >= 0.3 is 0 Å². The second-order valence-corrected chi connectivity index (χ2v) is 6.63. The van der Waals surface area contributed by atoms with Crippen LogP contribution in [0.5, 0.6) is 0 Å². The average molecular weight is 338 g/mol. The molecule has 0 N–H and O–H groups in total. The first-order valence-corrected chi connectivity index (χ1v) is 8.92. The second-order valence-electron chi connectivity index (χ2n) is 6.63. The third-order valence-corrected chi connectivity index (χ3v) is 4.80. The van der Waals surface area contributed by atoms with Crippen LogP contribution in [-0.2, 0) is 0 Å². The number of fused-ring (bicyclic) bond motifs is 3. The summed E-state index contributed by atoms with van der Waals surface area (Å²) in [5.74, 6) is 0.780. The van der Waals surface area contributed by atoms with Gasteiger partial charge in [-0.25, -0.2) is 9.97 Å². The summed E-state index contributed by atoms with van der Waals surface area (Å²) in [6, 6.07) is 16.5. The average Bonchev–Trinajstić information content (AvgIpc) is 3.06. The number of aromatic nitrogens is 2. The van der Waals surface area contributed by atoms with Crippen LogP contribution in [0, 0.1) is 6.92 Å². The zero-order valence-corrected chi connectivity index (χ0v) is 14.6. The standard InChI is InChI=1S/C23H18N2O/c1-15-24-20(16-7-3-2-4-8-16)14-21(25-15)17-11-12-19-18-9-5-6-10-22(18)26-23(19)13-17/h3,5-14H,2,4H2,1H3. The van der Waals surface area contributed by atoms with E-state index in [2.05, 4.69) is 58.5 Å². The minimum absolute atomic E-state index is 0.780. The number of nitrogens with zero attached hydrogens (tertiary/aromatic N) is 2. The van der Waals surface area contributed by atoms with Gasteiger partial charge in [0.25, 0.3) is 0 Å². The summed E-state index contributed by atoms with van der Waals surface area (Å²) in [7, 11) is 0. The number of benzene rings is 2. The van der Waals surface area contributed by atoms with Crippen molar-refractivity contribution in [3.05, 3.63) is 78.3 Å². The molecule has 2 heterocycles. The van der Waals surface area contributed by atoms with Gasteiger partial charge in [0.15, 0.2) is 0 Å². The van der Waals surface area contributed by atoms with Crippen LogP contribution in [0.2, 0.25) is 0 Å². The van der Waals surface area contributed by atoms with Crippen LogP contribution in [0.1, 0.15) is 24.4 Å². The summed E-state index contributed by atoms with van der Waals surface area (Å²) in [5, 5.41) is 2.28. The molecule has 26 heavy (non-hydrogen) atoms. The molecular formula is C23H18N2O. The van der Waals surface area contributed by atoms with Crippen molar-refractivity contribution in [2.24, 2.45) is 0 Å². The molecule has 0 atom stereocenters. The fourth-order valence-corrected chi connectivity index (χ4v) is 3.55. The maximum absolute atomic E-state index is 6.03. The van der Waals surface area contributed by atoms with Gasteiger partial charge in [-0.1, -0.05) is 42.5 Å². The van der Waals surface area contributed by atoms with Crippen LogP contribution in [0.25, 0.3) is 38.8 Å². The highest BCUT2D eigenvalue weighted by Gasteiger charge is 2.11. The van der Waals surface area contributed by atoms with E-state index in [1.54, 1.807) is 0 Å². The molecular weight excluding hydrogens is 320 g/mol. The van der Waals surface area contributed by atoms with Crippen LogP contribution in [-0.4, -0.2) is 9.97 Å². The summed E-state index contributed by atoms with van der Waals surface area (Å²) in [6.45, 7) is 1.94. The van der Waals surface area contributed by atoms with E-state index >= 15 is 0 Å². The third kappa shape index (κ3) is 2.53. The van der Waals surface area contributed by atoms with E-state index in [-0.39, 0.29) is 0 Å². The number of hydrogen-bond acceptors (Lipinski definition) is 3. The lowest BCUT2D eigenvalue weighted by Gasteiger charge is -2.09. The largest absolute Gasteiger partial charge is 0.456 e. The highest BCUT2D eigenvalue weighted by molar-refractivity contribution is 6.05. The van der Waals surface area contributed by atoms with Crippen LogP contribution in [0.15, 0.2) is 71.2 Å². The summed E-state index contributed by atoms with van der Waals surface area (Å²) < 4.78 is 6.03. The highest BCUT2D eigenvalue weighted by atomic mass is 16.3. The predicted molar refractivity (Wildman–Crippen MR) is 106 cm³/mol. The van der Waals surface area contributed by atoms with Crippen molar-refractivity contribution in [3.63, 3.8) is 0 Å². The second kappa shape index (κ2) is 5.95. The van der Waals surface area contributed by atoms with Gasteiger partial charge in [0.05, 0.1) is 11.4 Å². The maximum Gasteiger partial charge on any atom is 0.136 e. The van der Waals surface area contributed by atoms with Crippen molar-refractivity contribution in [1.82, 2.24) is 9.97 Å². The summed E-state index contributed by atoms with van der Waals surface area (Å²) in [6.07, 6.45) is 8.76. The topological polar surface area (TPSA) is 38.9 Å². The Morgan fingerprint density at radius 2 is 1.69 bits per heavy atom. The van der Waals surface area contributed by atoms with Crippen molar-refractivity contribution >= 4 is 27.5 Å². The lowest BCUT2D eigenvalue weighted by molar-refractivity contribution is 0.669. The van der Waals surface area contributed by atoms with E-state index in [1.807, 2.05) is 25.1 Å². The smallest absolute Gasteiger partial charge is 0.136 e. The zero-order valence-electron chi connectivity index (χ0n) is 14.6. The van der Waals surface area contributed by atoms with E-state index in [0.717, 1.165) is 57.6 Å². The molecule has 0 spiro atoms. The predicted octanol–water partition coefficient (Wildman–Crippen LogP) is 6.08. The molecule has 0 unspecified atom stereocenters.